The van der Waals surface area contributed by atoms with E-state index in [1.54, 1.807) is 19.1 Å². The van der Waals surface area contributed by atoms with Crippen molar-refractivity contribution in [2.75, 3.05) is 65.9 Å². The van der Waals surface area contributed by atoms with Gasteiger partial charge in [0.1, 0.15) is 0 Å². The Bertz CT molecular complexity index is 1190. The number of ether oxygens (including phenoxy) is 1. The largest absolute Gasteiger partial charge is 0.466 e. The molecular weight excluding hydrogens is 504 g/mol. The number of Topliss-reactive ketones (excluding diaryl/α,β-unsaturated/α-hetero) is 1. The monoisotopic (exact) mass is 544 g/mol. The highest BCUT2D eigenvalue weighted by molar-refractivity contribution is 7.89. The molecule has 1 unspecified atom stereocenters. The number of hydrogen-bond donors (Lipinski definition) is 1. The summed E-state index contributed by atoms with van der Waals surface area (Å²) < 4.78 is 32.9. The van der Waals surface area contributed by atoms with E-state index in [4.69, 9.17) is 4.74 Å². The zero-order chi connectivity index (χ0) is 27.9. The first kappa shape index (κ1) is 29.8. The van der Waals surface area contributed by atoms with Crippen molar-refractivity contribution in [3.63, 3.8) is 0 Å². The maximum absolute atomic E-state index is 13.2. The van der Waals surface area contributed by atoms with Gasteiger partial charge in [-0.05, 0) is 63.7 Å². The molecule has 0 aromatic heterocycles. The van der Waals surface area contributed by atoms with Gasteiger partial charge in [0, 0.05) is 51.0 Å². The standard InChI is InChI=1S/C28H40N4O5S/c1-6-37-28(34)22-14-16-32(17-15-22)38(35,36)25-9-7-8-23(18-25)27(33)20-29-19-26(31(4)5)21-10-12-24(13-11-21)30(2)3/h7-13,18,22,26,29H,6,14-17,19-20H2,1-5H3. The molecule has 1 aliphatic heterocycles. The topological polar surface area (TPSA) is 99.3 Å². The number of rotatable bonds is 12. The third kappa shape index (κ3) is 7.41. The molecule has 0 bridgehead atoms. The number of likely N-dealkylation sites (N-methyl/N-ethyl adjacent to an activating group) is 1. The average molecular weight is 545 g/mol. The maximum Gasteiger partial charge on any atom is 0.309 e. The molecule has 9 nitrogen and oxygen atoms in total. The molecule has 1 aliphatic rings. The van der Waals surface area contributed by atoms with Crippen LogP contribution in [0.5, 0.6) is 0 Å². The van der Waals surface area contributed by atoms with Gasteiger partial charge in [0.2, 0.25) is 10.0 Å². The van der Waals surface area contributed by atoms with E-state index in [9.17, 15) is 18.0 Å². The molecule has 1 saturated heterocycles. The number of nitrogens with zero attached hydrogens (tertiary/aromatic N) is 3. The highest BCUT2D eigenvalue weighted by Gasteiger charge is 2.33. The predicted molar refractivity (Wildman–Crippen MR) is 149 cm³/mol. The van der Waals surface area contributed by atoms with Crippen LogP contribution in [-0.2, 0) is 19.6 Å². The Morgan fingerprint density at radius 1 is 1.05 bits per heavy atom. The van der Waals surface area contributed by atoms with Gasteiger partial charge < -0.3 is 19.9 Å². The minimum Gasteiger partial charge on any atom is -0.466 e. The van der Waals surface area contributed by atoms with Gasteiger partial charge in [-0.25, -0.2) is 8.42 Å². The summed E-state index contributed by atoms with van der Waals surface area (Å²) in [6, 6.07) is 14.6. The van der Waals surface area contributed by atoms with Crippen LogP contribution in [0.2, 0.25) is 0 Å². The third-order valence-corrected chi connectivity index (χ3v) is 8.80. The molecule has 38 heavy (non-hydrogen) atoms. The average Bonchev–Trinajstić information content (AvgIpc) is 2.91. The van der Waals surface area contributed by atoms with Crippen LogP contribution in [0.3, 0.4) is 0 Å². The SMILES string of the molecule is CCOC(=O)C1CCN(S(=O)(=O)c2cccc(C(=O)CNCC(c3ccc(N(C)C)cc3)N(C)C)c2)CC1. The van der Waals surface area contributed by atoms with Crippen LogP contribution in [0.15, 0.2) is 53.4 Å². The quantitative estimate of drug-likeness (QED) is 0.322. The molecule has 2 aromatic carbocycles. The van der Waals surface area contributed by atoms with E-state index in [0.29, 0.717) is 31.6 Å². The number of carbonyl (C=O) groups excluding carboxylic acids is 2. The van der Waals surface area contributed by atoms with E-state index in [-0.39, 0.29) is 48.2 Å². The second-order valence-electron chi connectivity index (χ2n) is 9.98. The highest BCUT2D eigenvalue weighted by Crippen LogP contribution is 2.25. The van der Waals surface area contributed by atoms with Crippen molar-refractivity contribution in [2.24, 2.45) is 5.92 Å². The molecule has 1 atom stereocenters. The molecule has 3 rings (SSSR count). The lowest BCUT2D eigenvalue weighted by molar-refractivity contribution is -0.149. The summed E-state index contributed by atoms with van der Waals surface area (Å²) in [6.45, 7) is 3.21. The van der Waals surface area contributed by atoms with Crippen LogP contribution in [-0.4, -0.2) is 90.4 Å². The van der Waals surface area contributed by atoms with Gasteiger partial charge in [-0.1, -0.05) is 24.3 Å². The van der Waals surface area contributed by atoms with Crippen molar-refractivity contribution in [2.45, 2.75) is 30.7 Å². The Labute approximate surface area is 226 Å². The second kappa shape index (κ2) is 13.3. The van der Waals surface area contributed by atoms with E-state index in [2.05, 4.69) is 34.5 Å². The molecule has 10 heteroatoms. The molecule has 0 radical (unpaired) electrons. The van der Waals surface area contributed by atoms with Crippen molar-refractivity contribution < 1.29 is 22.7 Å². The number of piperidine rings is 1. The Balaban J connectivity index is 1.60. The normalized spacial score (nSPS) is 15.8. The van der Waals surface area contributed by atoms with Crippen LogP contribution in [0, 0.1) is 5.92 Å². The second-order valence-corrected chi connectivity index (χ2v) is 11.9. The predicted octanol–water partition coefficient (Wildman–Crippen LogP) is 2.79. The van der Waals surface area contributed by atoms with Crippen LogP contribution in [0.4, 0.5) is 5.69 Å². The van der Waals surface area contributed by atoms with Gasteiger partial charge in [-0.15, -0.1) is 0 Å². The summed E-state index contributed by atoms with van der Waals surface area (Å²) in [5.74, 6) is -0.729. The zero-order valence-electron chi connectivity index (χ0n) is 23.0. The van der Waals surface area contributed by atoms with Gasteiger partial charge in [-0.2, -0.15) is 4.31 Å². The van der Waals surface area contributed by atoms with E-state index >= 15 is 0 Å². The molecule has 1 N–H and O–H groups in total. The Hall–Kier alpha value is -2.79. The summed E-state index contributed by atoms with van der Waals surface area (Å²) in [4.78, 5) is 29.2. The fourth-order valence-electron chi connectivity index (χ4n) is 4.59. The highest BCUT2D eigenvalue weighted by atomic mass is 32.2. The van der Waals surface area contributed by atoms with Crippen molar-refractivity contribution >= 4 is 27.5 Å². The van der Waals surface area contributed by atoms with Crippen molar-refractivity contribution in [3.05, 3.63) is 59.7 Å². The lowest BCUT2D eigenvalue weighted by Gasteiger charge is -2.30. The minimum atomic E-state index is -3.77. The minimum absolute atomic E-state index is 0.0725. The number of nitrogens with one attached hydrogen (secondary N) is 1. The van der Waals surface area contributed by atoms with E-state index < -0.39 is 10.0 Å². The van der Waals surface area contributed by atoms with Gasteiger partial charge in [0.15, 0.2) is 5.78 Å². The number of esters is 1. The molecule has 0 aliphatic carbocycles. The van der Waals surface area contributed by atoms with Gasteiger partial charge in [0.05, 0.1) is 24.0 Å². The van der Waals surface area contributed by atoms with E-state index in [1.165, 1.54) is 16.4 Å². The summed E-state index contributed by atoms with van der Waals surface area (Å²) in [6.07, 6.45) is 0.844. The number of sulfonamides is 1. The lowest BCUT2D eigenvalue weighted by atomic mass is 9.98. The smallest absolute Gasteiger partial charge is 0.309 e. The first-order chi connectivity index (χ1) is 18.0. The number of hydrogen-bond acceptors (Lipinski definition) is 8. The maximum atomic E-state index is 13.2. The Morgan fingerprint density at radius 2 is 1.71 bits per heavy atom. The fourth-order valence-corrected chi connectivity index (χ4v) is 6.10. The van der Waals surface area contributed by atoms with Gasteiger partial charge in [0.25, 0.3) is 0 Å². The molecule has 2 aromatic rings. The van der Waals surface area contributed by atoms with Gasteiger partial charge in [-0.3, -0.25) is 9.59 Å². The number of anilines is 1. The summed E-state index contributed by atoms with van der Waals surface area (Å²) in [7, 11) is 4.22. The third-order valence-electron chi connectivity index (χ3n) is 6.91. The van der Waals surface area contributed by atoms with Crippen LogP contribution >= 0.6 is 0 Å². The van der Waals surface area contributed by atoms with Crippen molar-refractivity contribution in [1.29, 1.82) is 0 Å². The van der Waals surface area contributed by atoms with Gasteiger partial charge >= 0.3 is 5.97 Å². The van der Waals surface area contributed by atoms with Crippen molar-refractivity contribution in [1.82, 2.24) is 14.5 Å². The molecular formula is C28H40N4O5S. The van der Waals surface area contributed by atoms with Crippen molar-refractivity contribution in [3.8, 4) is 0 Å². The van der Waals surface area contributed by atoms with Crippen LogP contribution < -0.4 is 10.2 Å². The fraction of sp³-hybridized carbons (Fsp3) is 0.500. The molecule has 0 saturated carbocycles. The van der Waals surface area contributed by atoms with Crippen LogP contribution in [0.25, 0.3) is 0 Å². The first-order valence-corrected chi connectivity index (χ1v) is 14.4. The van der Waals surface area contributed by atoms with E-state index in [0.717, 1.165) is 11.3 Å². The summed E-state index contributed by atoms with van der Waals surface area (Å²) in [5.41, 5.74) is 2.60. The van der Waals surface area contributed by atoms with E-state index in [1.807, 2.05) is 33.1 Å². The zero-order valence-corrected chi connectivity index (χ0v) is 23.8. The first-order valence-electron chi connectivity index (χ1n) is 13.0. The molecule has 1 fully saturated rings. The molecule has 1 heterocycles. The summed E-state index contributed by atoms with van der Waals surface area (Å²) >= 11 is 0. The Morgan fingerprint density at radius 3 is 2.29 bits per heavy atom. The molecule has 208 valence electrons. The summed E-state index contributed by atoms with van der Waals surface area (Å²) in [5, 5.41) is 3.24. The molecule has 0 amide bonds. The van der Waals surface area contributed by atoms with Crippen LogP contribution in [0.1, 0.15) is 41.7 Å². The molecule has 0 spiro atoms. The Kier molecular flexibility index (Phi) is 10.4. The number of carbonyl (C=O) groups is 2. The number of benzene rings is 2. The lowest BCUT2D eigenvalue weighted by Crippen LogP contribution is -2.40. The number of ketones is 1.